The largest absolute Gasteiger partial charge is 0.388 e. The number of benzene rings is 1. The Bertz CT molecular complexity index is 339. The molecule has 1 unspecified atom stereocenters. The zero-order valence-electron chi connectivity index (χ0n) is 9.84. The fourth-order valence-electron chi connectivity index (χ4n) is 1.49. The van der Waals surface area contributed by atoms with E-state index in [0.717, 1.165) is 16.5 Å². The molecule has 1 nitrogen and oxygen atoms in total. The lowest BCUT2D eigenvalue weighted by Gasteiger charge is -2.21. The summed E-state index contributed by atoms with van der Waals surface area (Å²) < 4.78 is 0.991. The van der Waals surface area contributed by atoms with E-state index < -0.39 is 0 Å². The van der Waals surface area contributed by atoms with Crippen LogP contribution in [0.2, 0.25) is 0 Å². The van der Waals surface area contributed by atoms with Crippen LogP contribution in [0.25, 0.3) is 0 Å². The zero-order valence-corrected chi connectivity index (χ0v) is 11.4. The lowest BCUT2D eigenvalue weighted by Crippen LogP contribution is -2.12. The molecular formula is C13H19BrO. The fraction of sp³-hybridized carbons (Fsp3) is 0.538. The molecule has 0 fully saturated rings. The van der Waals surface area contributed by atoms with Gasteiger partial charge in [0, 0.05) is 4.47 Å². The first-order valence-corrected chi connectivity index (χ1v) is 6.13. The van der Waals surface area contributed by atoms with E-state index in [1.165, 1.54) is 5.56 Å². The van der Waals surface area contributed by atoms with Gasteiger partial charge in [-0.15, -0.1) is 0 Å². The van der Waals surface area contributed by atoms with Crippen LogP contribution < -0.4 is 0 Å². The predicted octanol–water partition coefficient (Wildman–Crippen LogP) is 4.19. The fourth-order valence-corrected chi connectivity index (χ4v) is 2.00. The van der Waals surface area contributed by atoms with E-state index in [0.29, 0.717) is 0 Å². The van der Waals surface area contributed by atoms with Crippen molar-refractivity contribution in [1.82, 2.24) is 0 Å². The number of halogens is 1. The summed E-state index contributed by atoms with van der Waals surface area (Å²) in [6.45, 7) is 8.52. The lowest BCUT2D eigenvalue weighted by molar-refractivity contribution is 0.172. The number of hydrogen-bond acceptors (Lipinski definition) is 1. The normalized spacial score (nSPS) is 14.0. The quantitative estimate of drug-likeness (QED) is 0.855. The first-order valence-electron chi connectivity index (χ1n) is 5.34. The minimum Gasteiger partial charge on any atom is -0.388 e. The molecule has 1 rings (SSSR count). The third-order valence-corrected chi connectivity index (χ3v) is 3.33. The molecule has 0 aliphatic rings. The van der Waals surface area contributed by atoms with Crippen LogP contribution in [0.4, 0.5) is 0 Å². The van der Waals surface area contributed by atoms with Gasteiger partial charge < -0.3 is 5.11 Å². The zero-order chi connectivity index (χ0) is 11.6. The molecule has 1 aromatic rings. The highest BCUT2D eigenvalue weighted by Crippen LogP contribution is 2.31. The Labute approximate surface area is 101 Å². The van der Waals surface area contributed by atoms with Crippen molar-refractivity contribution < 1.29 is 5.11 Å². The Kier molecular flexibility index (Phi) is 3.96. The van der Waals surface area contributed by atoms with Gasteiger partial charge in [-0.25, -0.2) is 0 Å². The van der Waals surface area contributed by atoms with Gasteiger partial charge in [-0.1, -0.05) is 55.8 Å². The van der Waals surface area contributed by atoms with Crippen LogP contribution in [0, 0.1) is 0 Å². The van der Waals surface area contributed by atoms with E-state index in [1.54, 1.807) is 0 Å². The Morgan fingerprint density at radius 3 is 2.40 bits per heavy atom. The van der Waals surface area contributed by atoms with E-state index in [9.17, 15) is 5.11 Å². The Morgan fingerprint density at radius 2 is 1.93 bits per heavy atom. The number of aliphatic hydroxyl groups is 1. The van der Waals surface area contributed by atoms with Crippen molar-refractivity contribution in [3.05, 3.63) is 33.8 Å². The number of hydrogen-bond donors (Lipinski definition) is 1. The average molecular weight is 271 g/mol. The Morgan fingerprint density at radius 1 is 1.33 bits per heavy atom. The van der Waals surface area contributed by atoms with Gasteiger partial charge in [-0.2, -0.15) is 0 Å². The molecule has 1 atom stereocenters. The second-order valence-corrected chi connectivity index (χ2v) is 5.76. The van der Waals surface area contributed by atoms with Crippen molar-refractivity contribution in [1.29, 1.82) is 0 Å². The molecule has 0 aliphatic carbocycles. The van der Waals surface area contributed by atoms with Crippen LogP contribution in [-0.2, 0) is 5.41 Å². The van der Waals surface area contributed by atoms with Crippen molar-refractivity contribution in [3.63, 3.8) is 0 Å². The van der Waals surface area contributed by atoms with Crippen LogP contribution >= 0.6 is 15.9 Å². The van der Waals surface area contributed by atoms with Gasteiger partial charge in [0.15, 0.2) is 0 Å². The van der Waals surface area contributed by atoms with Gasteiger partial charge in [0.25, 0.3) is 0 Å². The highest BCUT2D eigenvalue weighted by molar-refractivity contribution is 9.10. The highest BCUT2D eigenvalue weighted by atomic mass is 79.9. The summed E-state index contributed by atoms with van der Waals surface area (Å²) in [4.78, 5) is 0. The van der Waals surface area contributed by atoms with Crippen LogP contribution in [-0.4, -0.2) is 5.11 Å². The molecule has 0 saturated carbocycles. The molecule has 1 N–H and O–H groups in total. The molecule has 0 aromatic heterocycles. The molecule has 84 valence electrons. The molecular weight excluding hydrogens is 252 g/mol. The minimum atomic E-state index is -0.373. The molecule has 15 heavy (non-hydrogen) atoms. The molecule has 0 amide bonds. The molecule has 2 heteroatoms. The monoisotopic (exact) mass is 270 g/mol. The maximum atomic E-state index is 9.87. The van der Waals surface area contributed by atoms with Gasteiger partial charge in [-0.05, 0) is 29.0 Å². The van der Waals surface area contributed by atoms with Crippen LogP contribution in [0.3, 0.4) is 0 Å². The third-order valence-electron chi connectivity index (χ3n) is 2.61. The maximum absolute atomic E-state index is 9.87. The van der Waals surface area contributed by atoms with Gasteiger partial charge in [0.05, 0.1) is 6.10 Å². The summed E-state index contributed by atoms with van der Waals surface area (Å²) in [6, 6.07) is 6.23. The number of aliphatic hydroxyl groups excluding tert-OH is 1. The molecule has 1 aromatic carbocycles. The van der Waals surface area contributed by atoms with Gasteiger partial charge in [0.2, 0.25) is 0 Å². The molecule has 0 heterocycles. The predicted molar refractivity (Wildman–Crippen MR) is 68.1 cm³/mol. The highest BCUT2D eigenvalue weighted by Gasteiger charge is 2.17. The average Bonchev–Trinajstić information content (AvgIpc) is 2.15. The summed E-state index contributed by atoms with van der Waals surface area (Å²) >= 11 is 3.48. The SMILES string of the molecule is CCC(O)c1cc(C(C)(C)C)ccc1Br. The van der Waals surface area contributed by atoms with Crippen LogP contribution in [0.1, 0.15) is 51.3 Å². The van der Waals surface area contributed by atoms with E-state index in [-0.39, 0.29) is 11.5 Å². The second kappa shape index (κ2) is 4.67. The smallest absolute Gasteiger partial charge is 0.0798 e. The van der Waals surface area contributed by atoms with Crippen LogP contribution in [0.5, 0.6) is 0 Å². The van der Waals surface area contributed by atoms with Gasteiger partial charge in [0.1, 0.15) is 0 Å². The molecule has 0 aliphatic heterocycles. The summed E-state index contributed by atoms with van der Waals surface area (Å²) in [6.07, 6.45) is 0.369. The van der Waals surface area contributed by atoms with E-state index in [1.807, 2.05) is 13.0 Å². The van der Waals surface area contributed by atoms with E-state index in [2.05, 4.69) is 48.8 Å². The lowest BCUT2D eigenvalue weighted by atomic mass is 9.85. The number of rotatable bonds is 2. The Balaban J connectivity index is 3.17. The molecule has 0 bridgehead atoms. The van der Waals surface area contributed by atoms with E-state index >= 15 is 0 Å². The first-order chi connectivity index (χ1) is 6.86. The Hall–Kier alpha value is -0.340. The summed E-state index contributed by atoms with van der Waals surface area (Å²) in [7, 11) is 0. The third kappa shape index (κ3) is 3.05. The summed E-state index contributed by atoms with van der Waals surface area (Å²) in [5, 5.41) is 9.87. The summed E-state index contributed by atoms with van der Waals surface area (Å²) in [5.74, 6) is 0. The summed E-state index contributed by atoms with van der Waals surface area (Å²) in [5.41, 5.74) is 2.38. The van der Waals surface area contributed by atoms with Crippen LogP contribution in [0.15, 0.2) is 22.7 Å². The van der Waals surface area contributed by atoms with E-state index in [4.69, 9.17) is 0 Å². The van der Waals surface area contributed by atoms with Crippen molar-refractivity contribution in [3.8, 4) is 0 Å². The molecule has 0 radical (unpaired) electrons. The standard InChI is InChI=1S/C13H19BrO/c1-5-12(15)10-8-9(13(2,3)4)6-7-11(10)14/h6-8,12,15H,5H2,1-4H3. The molecule has 0 saturated heterocycles. The maximum Gasteiger partial charge on any atom is 0.0798 e. The first kappa shape index (κ1) is 12.7. The van der Waals surface area contributed by atoms with Crippen molar-refractivity contribution in [2.75, 3.05) is 0 Å². The van der Waals surface area contributed by atoms with Crippen molar-refractivity contribution in [2.24, 2.45) is 0 Å². The van der Waals surface area contributed by atoms with Gasteiger partial charge in [-0.3, -0.25) is 0 Å². The van der Waals surface area contributed by atoms with Crippen molar-refractivity contribution in [2.45, 2.75) is 45.6 Å². The van der Waals surface area contributed by atoms with Gasteiger partial charge >= 0.3 is 0 Å². The second-order valence-electron chi connectivity index (χ2n) is 4.91. The molecule has 0 spiro atoms. The van der Waals surface area contributed by atoms with Crippen molar-refractivity contribution >= 4 is 15.9 Å². The topological polar surface area (TPSA) is 20.2 Å². The minimum absolute atomic E-state index is 0.128.